The quantitative estimate of drug-likeness (QED) is 0.881. The SMILES string of the molecule is CN(CC(C)(C)C)c1ncc(F)cc1C(=O)O. The largest absolute Gasteiger partial charge is 0.478 e. The van der Waals surface area contributed by atoms with E-state index in [1.807, 2.05) is 20.8 Å². The highest BCUT2D eigenvalue weighted by molar-refractivity contribution is 5.93. The van der Waals surface area contributed by atoms with E-state index in [4.69, 9.17) is 5.11 Å². The van der Waals surface area contributed by atoms with Crippen molar-refractivity contribution in [2.75, 3.05) is 18.5 Å². The van der Waals surface area contributed by atoms with E-state index < -0.39 is 11.8 Å². The van der Waals surface area contributed by atoms with Gasteiger partial charge in [-0.2, -0.15) is 0 Å². The van der Waals surface area contributed by atoms with E-state index in [0.717, 1.165) is 12.3 Å². The molecule has 0 atom stereocenters. The second kappa shape index (κ2) is 4.69. The van der Waals surface area contributed by atoms with Gasteiger partial charge in [-0.25, -0.2) is 14.2 Å². The maximum absolute atomic E-state index is 13.0. The van der Waals surface area contributed by atoms with Gasteiger partial charge in [0.1, 0.15) is 17.2 Å². The van der Waals surface area contributed by atoms with Crippen LogP contribution in [-0.4, -0.2) is 29.7 Å². The van der Waals surface area contributed by atoms with Gasteiger partial charge < -0.3 is 10.0 Å². The Balaban J connectivity index is 3.09. The molecule has 4 nitrogen and oxygen atoms in total. The second-order valence-corrected chi connectivity index (χ2v) is 5.25. The number of aromatic carboxylic acids is 1. The molecule has 1 aromatic heterocycles. The molecule has 0 radical (unpaired) electrons. The molecular formula is C12H17FN2O2. The number of anilines is 1. The van der Waals surface area contributed by atoms with Crippen molar-refractivity contribution in [2.24, 2.45) is 5.41 Å². The lowest BCUT2D eigenvalue weighted by molar-refractivity contribution is 0.0696. The zero-order valence-electron chi connectivity index (χ0n) is 10.5. The standard InChI is InChI=1S/C12H17FN2O2/c1-12(2,3)7-15(4)10-9(11(16)17)5-8(13)6-14-10/h5-6H,7H2,1-4H3,(H,16,17). The second-order valence-electron chi connectivity index (χ2n) is 5.25. The Morgan fingerprint density at radius 2 is 2.12 bits per heavy atom. The van der Waals surface area contributed by atoms with E-state index >= 15 is 0 Å². The molecule has 0 aromatic carbocycles. The molecule has 0 bridgehead atoms. The van der Waals surface area contributed by atoms with Gasteiger partial charge in [0, 0.05) is 13.6 Å². The highest BCUT2D eigenvalue weighted by Gasteiger charge is 2.20. The molecule has 0 aliphatic heterocycles. The lowest BCUT2D eigenvalue weighted by atomic mass is 9.96. The number of hydrogen-bond donors (Lipinski definition) is 1. The number of halogens is 1. The number of carbonyl (C=O) groups is 1. The Hall–Kier alpha value is -1.65. The molecule has 5 heteroatoms. The van der Waals surface area contributed by atoms with Crippen molar-refractivity contribution in [2.45, 2.75) is 20.8 Å². The summed E-state index contributed by atoms with van der Waals surface area (Å²) in [4.78, 5) is 16.6. The molecule has 0 unspecified atom stereocenters. The zero-order valence-corrected chi connectivity index (χ0v) is 10.5. The average Bonchev–Trinajstić information content (AvgIpc) is 2.14. The van der Waals surface area contributed by atoms with Gasteiger partial charge in [0.05, 0.1) is 6.20 Å². The van der Waals surface area contributed by atoms with Crippen molar-refractivity contribution in [1.82, 2.24) is 4.98 Å². The first-order chi connectivity index (χ1) is 7.70. The number of rotatable bonds is 3. The minimum atomic E-state index is -1.17. The molecule has 0 aliphatic carbocycles. The monoisotopic (exact) mass is 240 g/mol. The van der Waals surface area contributed by atoms with Crippen LogP contribution in [0.1, 0.15) is 31.1 Å². The van der Waals surface area contributed by atoms with Crippen LogP contribution in [-0.2, 0) is 0 Å². The van der Waals surface area contributed by atoms with Gasteiger partial charge in [0.15, 0.2) is 0 Å². The van der Waals surface area contributed by atoms with Gasteiger partial charge >= 0.3 is 5.97 Å². The fourth-order valence-corrected chi connectivity index (χ4v) is 1.68. The highest BCUT2D eigenvalue weighted by Crippen LogP contribution is 2.22. The minimum Gasteiger partial charge on any atom is -0.478 e. The molecule has 0 spiro atoms. The third kappa shape index (κ3) is 3.69. The van der Waals surface area contributed by atoms with Gasteiger partial charge in [-0.15, -0.1) is 0 Å². The first-order valence-electron chi connectivity index (χ1n) is 5.31. The molecular weight excluding hydrogens is 223 g/mol. The van der Waals surface area contributed by atoms with Gasteiger partial charge in [0.2, 0.25) is 0 Å². The van der Waals surface area contributed by atoms with Gasteiger partial charge in [0.25, 0.3) is 0 Å². The molecule has 94 valence electrons. The Morgan fingerprint density at radius 1 is 1.53 bits per heavy atom. The zero-order chi connectivity index (χ0) is 13.2. The Bertz CT molecular complexity index is 427. The Morgan fingerprint density at radius 3 is 2.59 bits per heavy atom. The van der Waals surface area contributed by atoms with E-state index in [2.05, 4.69) is 4.98 Å². The third-order valence-corrected chi connectivity index (χ3v) is 2.14. The number of nitrogens with zero attached hydrogens (tertiary/aromatic N) is 2. The molecule has 17 heavy (non-hydrogen) atoms. The Kier molecular flexibility index (Phi) is 3.70. The van der Waals surface area contributed by atoms with E-state index in [1.54, 1.807) is 11.9 Å². The van der Waals surface area contributed by atoms with Crippen molar-refractivity contribution >= 4 is 11.8 Å². The summed E-state index contributed by atoms with van der Waals surface area (Å²) >= 11 is 0. The van der Waals surface area contributed by atoms with Crippen molar-refractivity contribution < 1.29 is 14.3 Å². The number of carboxylic acids is 1. The predicted octanol–water partition coefficient (Wildman–Crippen LogP) is 2.40. The molecule has 1 heterocycles. The maximum atomic E-state index is 13.0. The normalized spacial score (nSPS) is 11.4. The summed E-state index contributed by atoms with van der Waals surface area (Å²) in [6, 6.07) is 0.990. The third-order valence-electron chi connectivity index (χ3n) is 2.14. The lowest BCUT2D eigenvalue weighted by Gasteiger charge is -2.28. The average molecular weight is 240 g/mol. The highest BCUT2D eigenvalue weighted by atomic mass is 19.1. The summed E-state index contributed by atoms with van der Waals surface area (Å²) < 4.78 is 13.0. The van der Waals surface area contributed by atoms with Crippen LogP contribution in [0.15, 0.2) is 12.3 Å². The fraction of sp³-hybridized carbons (Fsp3) is 0.500. The number of pyridine rings is 1. The van der Waals surface area contributed by atoms with E-state index in [0.29, 0.717) is 6.54 Å². The summed E-state index contributed by atoms with van der Waals surface area (Å²) in [5, 5.41) is 9.00. The number of carboxylic acid groups (broad SMARTS) is 1. The molecule has 0 saturated heterocycles. The van der Waals surface area contributed by atoms with Gasteiger partial charge in [-0.1, -0.05) is 20.8 Å². The van der Waals surface area contributed by atoms with E-state index in [1.165, 1.54) is 0 Å². The van der Waals surface area contributed by atoms with Gasteiger partial charge in [-0.3, -0.25) is 0 Å². The van der Waals surface area contributed by atoms with Crippen molar-refractivity contribution in [3.63, 3.8) is 0 Å². The fourth-order valence-electron chi connectivity index (χ4n) is 1.68. The molecule has 0 aliphatic rings. The Labute approximate surface area is 100 Å². The maximum Gasteiger partial charge on any atom is 0.339 e. The van der Waals surface area contributed by atoms with E-state index in [9.17, 15) is 9.18 Å². The summed E-state index contributed by atoms with van der Waals surface area (Å²) in [7, 11) is 1.75. The summed E-state index contributed by atoms with van der Waals surface area (Å²) in [6.45, 7) is 6.74. The number of aromatic nitrogens is 1. The lowest BCUT2D eigenvalue weighted by Crippen LogP contribution is -2.31. The smallest absolute Gasteiger partial charge is 0.339 e. The summed E-state index contributed by atoms with van der Waals surface area (Å²) in [5.74, 6) is -1.53. The molecule has 1 aromatic rings. The molecule has 0 saturated carbocycles. The molecule has 1 rings (SSSR count). The van der Waals surface area contributed by atoms with Crippen LogP contribution in [0.25, 0.3) is 0 Å². The van der Waals surface area contributed by atoms with Crippen LogP contribution < -0.4 is 4.90 Å². The van der Waals surface area contributed by atoms with Crippen molar-refractivity contribution in [3.8, 4) is 0 Å². The van der Waals surface area contributed by atoms with Crippen molar-refractivity contribution in [1.29, 1.82) is 0 Å². The summed E-state index contributed by atoms with van der Waals surface area (Å²) in [5.41, 5.74) is -0.114. The molecule has 1 N–H and O–H groups in total. The first-order valence-corrected chi connectivity index (χ1v) is 5.31. The van der Waals surface area contributed by atoms with Crippen LogP contribution in [0.4, 0.5) is 10.2 Å². The molecule has 0 fully saturated rings. The topological polar surface area (TPSA) is 53.4 Å². The van der Waals surface area contributed by atoms with Crippen molar-refractivity contribution in [3.05, 3.63) is 23.6 Å². The van der Waals surface area contributed by atoms with Gasteiger partial charge in [-0.05, 0) is 11.5 Å². The van der Waals surface area contributed by atoms with Crippen LogP contribution >= 0.6 is 0 Å². The number of hydrogen-bond acceptors (Lipinski definition) is 3. The predicted molar refractivity (Wildman–Crippen MR) is 63.9 cm³/mol. The minimum absolute atomic E-state index is 0.000585. The van der Waals surface area contributed by atoms with Crippen LogP contribution in [0.2, 0.25) is 0 Å². The molecule has 0 amide bonds. The van der Waals surface area contributed by atoms with Crippen LogP contribution in [0, 0.1) is 11.2 Å². The van der Waals surface area contributed by atoms with E-state index in [-0.39, 0.29) is 16.8 Å². The van der Waals surface area contributed by atoms with Crippen LogP contribution in [0.5, 0.6) is 0 Å². The summed E-state index contributed by atoms with van der Waals surface area (Å²) in [6.07, 6.45) is 1.03. The first kappa shape index (κ1) is 13.4. The van der Waals surface area contributed by atoms with Crippen LogP contribution in [0.3, 0.4) is 0 Å².